The van der Waals surface area contributed by atoms with Crippen LogP contribution in [0.5, 0.6) is 0 Å². The Kier molecular flexibility index (Phi) is 1.26. The fraction of sp³-hybridized carbons (Fsp3) is 0.875. The molecule has 0 aromatic rings. The monoisotopic (exact) mass is 125 g/mol. The van der Waals surface area contributed by atoms with Gasteiger partial charge in [-0.25, -0.2) is 0 Å². The second-order valence-corrected chi connectivity index (χ2v) is 3.37. The van der Waals surface area contributed by atoms with Crippen LogP contribution in [0.2, 0.25) is 0 Å². The van der Waals surface area contributed by atoms with Gasteiger partial charge in [-0.3, -0.25) is 0 Å². The molecule has 1 heteroatoms. The van der Waals surface area contributed by atoms with Crippen LogP contribution in [0.1, 0.15) is 19.3 Å². The molecular formula is C8H13O. The number of aliphatic hydroxyl groups excluding tert-OH is 1. The molecule has 2 rings (SSSR count). The van der Waals surface area contributed by atoms with Gasteiger partial charge in [0.1, 0.15) is 0 Å². The molecular weight excluding hydrogens is 112 g/mol. The molecule has 3 atom stereocenters. The number of aliphatic hydroxyl groups is 1. The van der Waals surface area contributed by atoms with Crippen molar-refractivity contribution in [2.45, 2.75) is 19.3 Å². The van der Waals surface area contributed by atoms with Gasteiger partial charge in [-0.2, -0.15) is 0 Å². The van der Waals surface area contributed by atoms with Crippen molar-refractivity contribution in [2.24, 2.45) is 17.8 Å². The van der Waals surface area contributed by atoms with E-state index in [1.54, 1.807) is 0 Å². The van der Waals surface area contributed by atoms with Crippen molar-refractivity contribution in [3.63, 3.8) is 0 Å². The Balaban J connectivity index is 2.01. The van der Waals surface area contributed by atoms with Crippen molar-refractivity contribution in [1.82, 2.24) is 0 Å². The van der Waals surface area contributed by atoms with Gasteiger partial charge in [0, 0.05) is 6.61 Å². The summed E-state index contributed by atoms with van der Waals surface area (Å²) >= 11 is 0. The highest BCUT2D eigenvalue weighted by Crippen LogP contribution is 2.47. The third-order valence-corrected chi connectivity index (χ3v) is 2.85. The molecule has 1 radical (unpaired) electrons. The molecule has 3 unspecified atom stereocenters. The fourth-order valence-corrected chi connectivity index (χ4v) is 2.33. The first-order chi connectivity index (χ1) is 4.40. The lowest BCUT2D eigenvalue weighted by Gasteiger charge is -2.17. The van der Waals surface area contributed by atoms with E-state index in [1.165, 1.54) is 19.3 Å². The Morgan fingerprint density at radius 3 is 2.67 bits per heavy atom. The molecule has 51 valence electrons. The molecule has 0 heterocycles. The zero-order chi connectivity index (χ0) is 6.27. The second-order valence-electron chi connectivity index (χ2n) is 3.37. The maximum absolute atomic E-state index is 8.86. The lowest BCUT2D eigenvalue weighted by atomic mass is 9.90. The number of hydrogen-bond donors (Lipinski definition) is 1. The summed E-state index contributed by atoms with van der Waals surface area (Å²) in [5, 5.41) is 8.86. The van der Waals surface area contributed by atoms with Crippen molar-refractivity contribution >= 4 is 0 Å². The number of fused-ring (bicyclic) bond motifs is 2. The minimum atomic E-state index is 0.390. The summed E-state index contributed by atoms with van der Waals surface area (Å²) in [6.45, 7) is 0.390. The first-order valence-corrected chi connectivity index (χ1v) is 3.86. The molecule has 0 aromatic carbocycles. The van der Waals surface area contributed by atoms with Gasteiger partial charge in [-0.15, -0.1) is 0 Å². The Morgan fingerprint density at radius 2 is 2.33 bits per heavy atom. The third kappa shape index (κ3) is 0.787. The van der Waals surface area contributed by atoms with Crippen LogP contribution < -0.4 is 0 Å². The van der Waals surface area contributed by atoms with Crippen LogP contribution in [0.3, 0.4) is 0 Å². The average Bonchev–Trinajstić information content (AvgIpc) is 2.45. The molecule has 2 fully saturated rings. The molecule has 2 aliphatic carbocycles. The molecule has 0 saturated heterocycles. The van der Waals surface area contributed by atoms with Crippen LogP contribution in [0.4, 0.5) is 0 Å². The highest BCUT2D eigenvalue weighted by molar-refractivity contribution is 5.01. The van der Waals surface area contributed by atoms with Crippen LogP contribution in [0.25, 0.3) is 0 Å². The van der Waals surface area contributed by atoms with E-state index in [2.05, 4.69) is 6.42 Å². The van der Waals surface area contributed by atoms with Gasteiger partial charge in [0.05, 0.1) is 0 Å². The maximum atomic E-state index is 8.86. The van der Waals surface area contributed by atoms with Crippen molar-refractivity contribution < 1.29 is 5.11 Å². The van der Waals surface area contributed by atoms with Crippen molar-refractivity contribution in [3.05, 3.63) is 6.42 Å². The standard InChI is InChI=1S/C8H13O/c9-5-8-4-6-1-2-7(8)3-6/h4,6-9H,1-3,5H2. The zero-order valence-electron chi connectivity index (χ0n) is 5.59. The quantitative estimate of drug-likeness (QED) is 0.559. The molecule has 0 aromatic heterocycles. The Hall–Kier alpha value is -0.0400. The van der Waals surface area contributed by atoms with E-state index in [9.17, 15) is 0 Å². The largest absolute Gasteiger partial charge is 0.396 e. The lowest BCUT2D eigenvalue weighted by molar-refractivity contribution is 0.205. The Labute approximate surface area is 56.1 Å². The smallest absolute Gasteiger partial charge is 0.0464 e. The molecule has 2 aliphatic rings. The zero-order valence-corrected chi connectivity index (χ0v) is 5.59. The van der Waals surface area contributed by atoms with Gasteiger partial charge in [0.15, 0.2) is 0 Å². The van der Waals surface area contributed by atoms with Gasteiger partial charge in [0.25, 0.3) is 0 Å². The summed E-state index contributed by atoms with van der Waals surface area (Å²) in [7, 11) is 0. The van der Waals surface area contributed by atoms with E-state index in [4.69, 9.17) is 5.11 Å². The van der Waals surface area contributed by atoms with Gasteiger partial charge < -0.3 is 5.11 Å². The van der Waals surface area contributed by atoms with Crippen LogP contribution in [-0.2, 0) is 0 Å². The fourth-order valence-electron chi connectivity index (χ4n) is 2.33. The molecule has 2 bridgehead atoms. The van der Waals surface area contributed by atoms with Crippen molar-refractivity contribution in [1.29, 1.82) is 0 Å². The van der Waals surface area contributed by atoms with E-state index in [0.29, 0.717) is 12.5 Å². The predicted molar refractivity (Wildman–Crippen MR) is 35.7 cm³/mol. The number of hydrogen-bond acceptors (Lipinski definition) is 1. The van der Waals surface area contributed by atoms with Crippen LogP contribution in [0, 0.1) is 24.2 Å². The van der Waals surface area contributed by atoms with Gasteiger partial charge >= 0.3 is 0 Å². The van der Waals surface area contributed by atoms with E-state index in [-0.39, 0.29) is 0 Å². The molecule has 0 amide bonds. The van der Waals surface area contributed by atoms with Gasteiger partial charge in [0.2, 0.25) is 0 Å². The van der Waals surface area contributed by atoms with E-state index in [1.807, 2.05) is 0 Å². The van der Waals surface area contributed by atoms with Gasteiger partial charge in [-0.05, 0) is 43.4 Å². The van der Waals surface area contributed by atoms with E-state index < -0.39 is 0 Å². The molecule has 0 spiro atoms. The van der Waals surface area contributed by atoms with Crippen molar-refractivity contribution in [2.75, 3.05) is 6.61 Å². The first-order valence-electron chi connectivity index (χ1n) is 3.86. The minimum Gasteiger partial charge on any atom is -0.396 e. The van der Waals surface area contributed by atoms with E-state index >= 15 is 0 Å². The minimum absolute atomic E-state index is 0.390. The number of rotatable bonds is 1. The summed E-state index contributed by atoms with van der Waals surface area (Å²) in [6.07, 6.45) is 6.48. The lowest BCUT2D eigenvalue weighted by Crippen LogP contribution is -2.14. The van der Waals surface area contributed by atoms with Crippen LogP contribution in [0.15, 0.2) is 0 Å². The summed E-state index contributed by atoms with van der Waals surface area (Å²) in [6, 6.07) is 0. The summed E-state index contributed by atoms with van der Waals surface area (Å²) in [5.41, 5.74) is 0. The maximum Gasteiger partial charge on any atom is 0.0464 e. The van der Waals surface area contributed by atoms with Crippen LogP contribution >= 0.6 is 0 Å². The molecule has 1 N–H and O–H groups in total. The summed E-state index contributed by atoms with van der Waals surface area (Å²) < 4.78 is 0. The highest BCUT2D eigenvalue weighted by Gasteiger charge is 2.38. The summed E-state index contributed by atoms with van der Waals surface area (Å²) in [4.78, 5) is 0. The average molecular weight is 125 g/mol. The molecule has 1 nitrogen and oxygen atoms in total. The predicted octanol–water partition coefficient (Wildman–Crippen LogP) is 1.23. The topological polar surface area (TPSA) is 20.2 Å². The second kappa shape index (κ2) is 1.98. The normalized spacial score (nSPS) is 48.3. The highest BCUT2D eigenvalue weighted by atomic mass is 16.3. The molecule has 2 saturated carbocycles. The van der Waals surface area contributed by atoms with E-state index in [0.717, 1.165) is 11.8 Å². The van der Waals surface area contributed by atoms with Crippen LogP contribution in [-0.4, -0.2) is 11.7 Å². The molecule has 0 aliphatic heterocycles. The Bertz CT molecular complexity index is 111. The summed E-state index contributed by atoms with van der Waals surface area (Å²) in [5.74, 6) is 2.27. The first kappa shape index (κ1) is 5.72. The SMILES string of the molecule is OCC1[CH]C2CCC1C2. The molecule has 9 heavy (non-hydrogen) atoms. The van der Waals surface area contributed by atoms with Crippen molar-refractivity contribution in [3.8, 4) is 0 Å². The third-order valence-electron chi connectivity index (χ3n) is 2.85. The van der Waals surface area contributed by atoms with Gasteiger partial charge in [-0.1, -0.05) is 0 Å². The Morgan fingerprint density at radius 1 is 1.44 bits per heavy atom.